The fraction of sp³-hybridized carbons (Fsp3) is 0.444. The molecule has 1 saturated heterocycles. The molecule has 2 heterocycles. The van der Waals surface area contributed by atoms with Crippen LogP contribution in [0.25, 0.3) is 0 Å². The Balaban J connectivity index is 1.60. The van der Waals surface area contributed by atoms with Crippen LogP contribution in [0.2, 0.25) is 5.15 Å². The van der Waals surface area contributed by atoms with Crippen LogP contribution in [0, 0.1) is 12.8 Å². The summed E-state index contributed by atoms with van der Waals surface area (Å²) in [6.45, 7) is 2.14. The molecule has 202 valence electrons. The van der Waals surface area contributed by atoms with Crippen molar-refractivity contribution >= 4 is 41.1 Å². The molecule has 2 aromatic rings. The number of halogens is 1. The van der Waals surface area contributed by atoms with Crippen molar-refractivity contribution in [3.05, 3.63) is 58.9 Å². The number of hydrogen-bond donors (Lipinski definition) is 3. The van der Waals surface area contributed by atoms with E-state index in [0.29, 0.717) is 5.69 Å². The third-order valence-electron chi connectivity index (χ3n) is 7.11. The van der Waals surface area contributed by atoms with Gasteiger partial charge in [-0.15, -0.1) is 0 Å². The van der Waals surface area contributed by atoms with Crippen LogP contribution in [-0.2, 0) is 9.59 Å². The minimum atomic E-state index is -1.26. The molecule has 4 amide bonds. The maximum absolute atomic E-state index is 13.7. The maximum Gasteiger partial charge on any atom is 0.323 e. The molecule has 2 fully saturated rings. The number of aryl methyl sites for hydroxylation is 1. The van der Waals surface area contributed by atoms with Crippen LogP contribution in [0.1, 0.15) is 54.4 Å². The summed E-state index contributed by atoms with van der Waals surface area (Å²) in [4.78, 5) is 58.7. The van der Waals surface area contributed by atoms with E-state index in [1.165, 1.54) is 28.1 Å². The molecule has 3 N–H and O–H groups in total. The molecule has 0 bridgehead atoms. The van der Waals surface area contributed by atoms with Gasteiger partial charge in [-0.3, -0.25) is 19.3 Å². The smallest absolute Gasteiger partial charge is 0.323 e. The minimum Gasteiger partial charge on any atom is -0.481 e. The van der Waals surface area contributed by atoms with E-state index >= 15 is 0 Å². The Kier molecular flexibility index (Phi) is 8.83. The molecule has 0 radical (unpaired) electrons. The molecule has 1 aliphatic carbocycles. The number of hydrogen-bond acceptors (Lipinski definition) is 5. The summed E-state index contributed by atoms with van der Waals surface area (Å²) in [5.41, 5.74) is 1.74. The zero-order valence-corrected chi connectivity index (χ0v) is 22.0. The number of aliphatic carboxylic acids is 1. The normalized spacial score (nSPS) is 18.6. The number of carbonyl (C=O) groups excluding carboxylic acids is 3. The molecular weight excluding hydrogens is 510 g/mol. The lowest BCUT2D eigenvalue weighted by Crippen LogP contribution is -2.57. The van der Waals surface area contributed by atoms with E-state index in [-0.39, 0.29) is 36.1 Å². The van der Waals surface area contributed by atoms with Gasteiger partial charge in [0.2, 0.25) is 0 Å². The molecule has 1 aromatic heterocycles. The Labute approximate surface area is 226 Å². The highest BCUT2D eigenvalue weighted by molar-refractivity contribution is 6.29. The van der Waals surface area contributed by atoms with Gasteiger partial charge in [0.15, 0.2) is 6.17 Å². The highest BCUT2D eigenvalue weighted by atomic mass is 35.5. The number of rotatable bonds is 7. The summed E-state index contributed by atoms with van der Waals surface area (Å²) in [7, 11) is 0. The van der Waals surface area contributed by atoms with E-state index in [2.05, 4.69) is 15.6 Å². The predicted molar refractivity (Wildman–Crippen MR) is 142 cm³/mol. The number of aromatic nitrogens is 1. The molecule has 11 heteroatoms. The second kappa shape index (κ2) is 12.3. The molecule has 1 aliphatic heterocycles. The van der Waals surface area contributed by atoms with Gasteiger partial charge in [0.25, 0.3) is 11.8 Å². The van der Waals surface area contributed by atoms with Crippen molar-refractivity contribution in [2.24, 2.45) is 5.92 Å². The lowest BCUT2D eigenvalue weighted by Gasteiger charge is -2.34. The van der Waals surface area contributed by atoms with Crippen LogP contribution >= 0.6 is 11.6 Å². The van der Waals surface area contributed by atoms with Gasteiger partial charge >= 0.3 is 12.0 Å². The minimum absolute atomic E-state index is 0.0180. The van der Waals surface area contributed by atoms with Crippen LogP contribution in [0.15, 0.2) is 42.6 Å². The highest BCUT2D eigenvalue weighted by Crippen LogP contribution is 2.29. The van der Waals surface area contributed by atoms with Gasteiger partial charge < -0.3 is 20.6 Å². The number of nitrogens with zero attached hydrogens (tertiary/aromatic N) is 3. The third-order valence-corrected chi connectivity index (χ3v) is 7.34. The Bertz CT molecular complexity index is 1180. The molecule has 10 nitrogen and oxygen atoms in total. The lowest BCUT2D eigenvalue weighted by molar-refractivity contribution is -0.138. The molecule has 0 spiro atoms. The molecule has 2 atom stereocenters. The summed E-state index contributed by atoms with van der Waals surface area (Å²) in [5.74, 6) is -2.06. The molecule has 2 unspecified atom stereocenters. The van der Waals surface area contributed by atoms with E-state index in [9.17, 15) is 24.3 Å². The second-order valence-corrected chi connectivity index (χ2v) is 10.2. The van der Waals surface area contributed by atoms with Gasteiger partial charge in [0.05, 0.1) is 12.0 Å². The predicted octanol–water partition coefficient (Wildman–Crippen LogP) is 3.90. The molecular formula is C27H32ClN5O5. The zero-order valence-electron chi connectivity index (χ0n) is 21.2. The zero-order chi connectivity index (χ0) is 27.2. The van der Waals surface area contributed by atoms with Gasteiger partial charge in [-0.05, 0) is 55.5 Å². The number of nitrogens with one attached hydrogen (secondary N) is 2. The van der Waals surface area contributed by atoms with Gasteiger partial charge in [-0.1, -0.05) is 43.0 Å². The van der Waals surface area contributed by atoms with Gasteiger partial charge in [-0.2, -0.15) is 0 Å². The SMILES string of the molecule is Cc1cccc(NC(=O)N2CCN(C(=O)c3ccc(Cl)nc3)C2C(=O)NC(CC(=O)O)C2CCCCC2)c1. The number of carboxylic acids is 1. The average Bonchev–Trinajstić information content (AvgIpc) is 3.34. The van der Waals surface area contributed by atoms with Gasteiger partial charge in [-0.25, -0.2) is 9.78 Å². The first-order chi connectivity index (χ1) is 18.2. The number of carboxylic acid groups (broad SMARTS) is 1. The Morgan fingerprint density at radius 2 is 1.82 bits per heavy atom. The van der Waals surface area contributed by atoms with Gasteiger partial charge in [0.1, 0.15) is 5.15 Å². The summed E-state index contributed by atoms with van der Waals surface area (Å²) in [5, 5.41) is 15.4. The fourth-order valence-electron chi connectivity index (χ4n) is 5.24. The van der Waals surface area contributed by atoms with E-state index in [1.807, 2.05) is 19.1 Å². The van der Waals surface area contributed by atoms with E-state index in [0.717, 1.165) is 37.7 Å². The molecule has 4 rings (SSSR count). The number of urea groups is 1. The number of anilines is 1. The van der Waals surface area contributed by atoms with Crippen molar-refractivity contribution < 1.29 is 24.3 Å². The van der Waals surface area contributed by atoms with Crippen molar-refractivity contribution in [3.63, 3.8) is 0 Å². The molecule has 38 heavy (non-hydrogen) atoms. The summed E-state index contributed by atoms with van der Waals surface area (Å²) < 4.78 is 0. The Morgan fingerprint density at radius 1 is 1.08 bits per heavy atom. The molecule has 2 aliphatic rings. The molecule has 1 aromatic carbocycles. The topological polar surface area (TPSA) is 132 Å². The first-order valence-corrected chi connectivity index (χ1v) is 13.2. The summed E-state index contributed by atoms with van der Waals surface area (Å²) in [6, 6.07) is 9.11. The van der Waals surface area contributed by atoms with Crippen molar-refractivity contribution in [2.45, 2.75) is 57.7 Å². The standard InChI is InChI=1S/C27H32ClN5O5/c1-17-6-5-9-20(14-17)30-27(38)33-13-12-32(26(37)19-10-11-22(28)29-16-19)25(33)24(36)31-21(15-23(34)35)18-7-3-2-4-8-18/h5-6,9-11,14,16,18,21,25H,2-4,7-8,12-13,15H2,1H3,(H,30,38)(H,31,36)(H,34,35). The van der Waals surface area contributed by atoms with Crippen LogP contribution < -0.4 is 10.6 Å². The van der Waals surface area contributed by atoms with Crippen LogP contribution in [-0.4, -0.2) is 69.0 Å². The number of benzene rings is 1. The van der Waals surface area contributed by atoms with Crippen molar-refractivity contribution in [2.75, 3.05) is 18.4 Å². The second-order valence-electron chi connectivity index (χ2n) is 9.85. The summed E-state index contributed by atoms with van der Waals surface area (Å²) >= 11 is 5.87. The lowest BCUT2D eigenvalue weighted by atomic mass is 9.82. The highest BCUT2D eigenvalue weighted by Gasteiger charge is 2.44. The maximum atomic E-state index is 13.7. The first-order valence-electron chi connectivity index (χ1n) is 12.8. The van der Waals surface area contributed by atoms with Crippen LogP contribution in [0.4, 0.5) is 10.5 Å². The van der Waals surface area contributed by atoms with E-state index in [1.54, 1.807) is 12.1 Å². The van der Waals surface area contributed by atoms with Crippen molar-refractivity contribution in [1.82, 2.24) is 20.1 Å². The monoisotopic (exact) mass is 541 g/mol. The van der Waals surface area contributed by atoms with Crippen molar-refractivity contribution in [3.8, 4) is 0 Å². The van der Waals surface area contributed by atoms with E-state index in [4.69, 9.17) is 11.6 Å². The van der Waals surface area contributed by atoms with Gasteiger partial charge in [0, 0.05) is 31.0 Å². The number of carbonyl (C=O) groups is 4. The summed E-state index contributed by atoms with van der Waals surface area (Å²) in [6.07, 6.45) is 4.50. The number of pyridine rings is 1. The average molecular weight is 542 g/mol. The van der Waals surface area contributed by atoms with Crippen LogP contribution in [0.3, 0.4) is 0 Å². The van der Waals surface area contributed by atoms with Crippen molar-refractivity contribution in [1.29, 1.82) is 0 Å². The number of amides is 4. The Hall–Kier alpha value is -3.66. The Morgan fingerprint density at radius 3 is 2.47 bits per heavy atom. The third kappa shape index (κ3) is 6.61. The van der Waals surface area contributed by atoms with Crippen LogP contribution in [0.5, 0.6) is 0 Å². The van der Waals surface area contributed by atoms with E-state index < -0.39 is 36.0 Å². The largest absolute Gasteiger partial charge is 0.481 e. The first kappa shape index (κ1) is 27.4. The molecule has 1 saturated carbocycles. The quantitative estimate of drug-likeness (QED) is 0.455. The fourth-order valence-corrected chi connectivity index (χ4v) is 5.35.